The Hall–Kier alpha value is -2.60. The van der Waals surface area contributed by atoms with Gasteiger partial charge >= 0.3 is 6.18 Å². The number of aromatic hydroxyl groups is 1. The number of phenolic OH excluding ortho intramolecular Hbond substituents is 1. The Balaban J connectivity index is 1.64. The molecule has 0 aliphatic carbocycles. The Morgan fingerprint density at radius 3 is 2.37 bits per heavy atom. The zero-order valence-corrected chi connectivity index (χ0v) is 20.4. The van der Waals surface area contributed by atoms with E-state index in [4.69, 9.17) is 0 Å². The molecule has 1 unspecified atom stereocenters. The summed E-state index contributed by atoms with van der Waals surface area (Å²) in [6.45, 7) is 1.40. The summed E-state index contributed by atoms with van der Waals surface area (Å²) in [7, 11) is -3.68. The highest BCUT2D eigenvalue weighted by atomic mass is 32.2. The van der Waals surface area contributed by atoms with Crippen LogP contribution in [0.15, 0.2) is 70.3 Å². The number of aliphatic hydroxyl groups is 1. The fraction of sp³-hybridized carbons (Fsp3) is 0.333. The number of phenols is 1. The van der Waals surface area contributed by atoms with Gasteiger partial charge in [0, 0.05) is 31.4 Å². The lowest BCUT2D eigenvalue weighted by molar-refractivity contribution is -0.258. The van der Waals surface area contributed by atoms with Gasteiger partial charge in [-0.25, -0.2) is 8.42 Å². The summed E-state index contributed by atoms with van der Waals surface area (Å²) in [5.41, 5.74) is -1.85. The molecule has 11 heteroatoms. The molecule has 1 aromatic heterocycles. The van der Waals surface area contributed by atoms with E-state index in [9.17, 15) is 31.8 Å². The Morgan fingerprint density at radius 1 is 1.06 bits per heavy atom. The van der Waals surface area contributed by atoms with Gasteiger partial charge in [-0.05, 0) is 60.2 Å². The van der Waals surface area contributed by atoms with E-state index in [-0.39, 0.29) is 34.7 Å². The molecule has 3 aromatic rings. The quantitative estimate of drug-likeness (QED) is 0.499. The van der Waals surface area contributed by atoms with Crippen LogP contribution < -0.4 is 4.90 Å². The van der Waals surface area contributed by atoms with Gasteiger partial charge in [-0.1, -0.05) is 30.3 Å². The molecule has 0 amide bonds. The number of sulfonamides is 1. The number of halogens is 3. The first-order valence-corrected chi connectivity index (χ1v) is 13.2. The molecule has 1 aliphatic heterocycles. The van der Waals surface area contributed by atoms with Crippen molar-refractivity contribution in [1.29, 1.82) is 0 Å². The van der Waals surface area contributed by atoms with Crippen molar-refractivity contribution in [3.05, 3.63) is 77.2 Å². The third-order valence-electron chi connectivity index (χ3n) is 6.23. The maximum atomic E-state index is 13.2. The van der Waals surface area contributed by atoms with Crippen LogP contribution in [0.1, 0.15) is 18.1 Å². The second-order valence-corrected chi connectivity index (χ2v) is 11.7. The van der Waals surface area contributed by atoms with E-state index in [1.807, 2.05) is 11.0 Å². The van der Waals surface area contributed by atoms with Crippen LogP contribution >= 0.6 is 11.3 Å². The number of rotatable bonds is 6. The summed E-state index contributed by atoms with van der Waals surface area (Å²) in [4.78, 5) is 1.95. The highest BCUT2D eigenvalue weighted by Crippen LogP contribution is 2.39. The molecule has 35 heavy (non-hydrogen) atoms. The molecular weight excluding hydrogens is 501 g/mol. The molecule has 0 saturated carbocycles. The van der Waals surface area contributed by atoms with Crippen molar-refractivity contribution >= 4 is 27.0 Å². The van der Waals surface area contributed by atoms with Gasteiger partial charge in [0.05, 0.1) is 0 Å². The third kappa shape index (κ3) is 5.18. The SMILES string of the molecule is CC(O)(c1ccc(N2CCN(S(=O)(=O)c3cccs3)C[C@H]2Cc2cccc(O)c2)cc1)C(F)(F)F. The Kier molecular flexibility index (Phi) is 6.89. The second kappa shape index (κ2) is 9.45. The van der Waals surface area contributed by atoms with E-state index in [1.54, 1.807) is 35.7 Å². The molecule has 1 fully saturated rings. The molecule has 2 atom stereocenters. The first-order chi connectivity index (χ1) is 16.4. The first-order valence-electron chi connectivity index (χ1n) is 10.9. The van der Waals surface area contributed by atoms with Crippen LogP contribution in [0.2, 0.25) is 0 Å². The zero-order chi connectivity index (χ0) is 25.4. The number of benzene rings is 2. The fourth-order valence-electron chi connectivity index (χ4n) is 4.19. The molecule has 2 N–H and O–H groups in total. The molecule has 4 rings (SSSR count). The predicted molar refractivity (Wildman–Crippen MR) is 128 cm³/mol. The number of piperazine rings is 1. The summed E-state index contributed by atoms with van der Waals surface area (Å²) in [5.74, 6) is 0.0895. The summed E-state index contributed by atoms with van der Waals surface area (Å²) in [5, 5.41) is 21.5. The van der Waals surface area contributed by atoms with Crippen LogP contribution in [-0.4, -0.2) is 54.8 Å². The second-order valence-electron chi connectivity index (χ2n) is 8.63. The van der Waals surface area contributed by atoms with Crippen LogP contribution in [-0.2, 0) is 22.0 Å². The van der Waals surface area contributed by atoms with E-state index in [0.29, 0.717) is 25.6 Å². The molecule has 0 radical (unpaired) electrons. The monoisotopic (exact) mass is 526 g/mol. The standard InChI is InChI=1S/C24H25F3N2O4S2/c1-23(31,24(25,26)27)18-7-9-19(10-8-18)29-12-11-28(35(32,33)22-6-3-13-34-22)16-20(29)14-17-4-2-5-21(30)15-17/h2-10,13,15,20,30-31H,11-12,14,16H2,1H3/t20-,23?/m1/s1. The summed E-state index contributed by atoms with van der Waals surface area (Å²) in [6, 6.07) is 15.1. The van der Waals surface area contributed by atoms with E-state index < -0.39 is 21.8 Å². The number of nitrogens with zero attached hydrogens (tertiary/aromatic N) is 2. The molecule has 0 spiro atoms. The van der Waals surface area contributed by atoms with Gasteiger partial charge in [0.25, 0.3) is 10.0 Å². The number of anilines is 1. The van der Waals surface area contributed by atoms with E-state index >= 15 is 0 Å². The lowest BCUT2D eigenvalue weighted by Gasteiger charge is -2.42. The predicted octanol–water partition coefficient (Wildman–Crippen LogP) is 4.35. The molecule has 6 nitrogen and oxygen atoms in total. The largest absolute Gasteiger partial charge is 0.508 e. The molecule has 1 saturated heterocycles. The van der Waals surface area contributed by atoms with Crippen LogP contribution in [0, 0.1) is 0 Å². The van der Waals surface area contributed by atoms with Crippen LogP contribution in [0.5, 0.6) is 5.75 Å². The Bertz CT molecular complexity index is 1260. The minimum Gasteiger partial charge on any atom is -0.508 e. The van der Waals surface area contributed by atoms with Crippen LogP contribution in [0.25, 0.3) is 0 Å². The fourth-order valence-corrected chi connectivity index (χ4v) is 6.81. The number of hydrogen-bond donors (Lipinski definition) is 2. The molecule has 2 aromatic carbocycles. The Labute approximate surface area is 205 Å². The molecule has 1 aliphatic rings. The summed E-state index contributed by atoms with van der Waals surface area (Å²) < 4.78 is 67.7. The topological polar surface area (TPSA) is 81.1 Å². The van der Waals surface area contributed by atoms with Gasteiger partial charge in [-0.2, -0.15) is 17.5 Å². The number of hydrogen-bond acceptors (Lipinski definition) is 6. The summed E-state index contributed by atoms with van der Waals surface area (Å²) in [6.07, 6.45) is -4.42. The van der Waals surface area contributed by atoms with Crippen molar-refractivity contribution in [1.82, 2.24) is 4.31 Å². The van der Waals surface area contributed by atoms with Crippen molar-refractivity contribution in [2.45, 2.75) is 35.4 Å². The minimum absolute atomic E-state index is 0.0895. The highest BCUT2D eigenvalue weighted by Gasteiger charge is 2.51. The van der Waals surface area contributed by atoms with Gasteiger partial charge in [0.15, 0.2) is 5.60 Å². The van der Waals surface area contributed by atoms with Gasteiger partial charge in [-0.3, -0.25) is 0 Å². The normalized spacial score (nSPS) is 19.5. The average molecular weight is 527 g/mol. The lowest BCUT2D eigenvalue weighted by Crippen LogP contribution is -2.55. The number of alkyl halides is 3. The highest BCUT2D eigenvalue weighted by molar-refractivity contribution is 7.91. The lowest BCUT2D eigenvalue weighted by atomic mass is 9.94. The smallest absolute Gasteiger partial charge is 0.421 e. The Morgan fingerprint density at radius 2 is 1.77 bits per heavy atom. The van der Waals surface area contributed by atoms with Gasteiger partial charge in [0.1, 0.15) is 9.96 Å². The van der Waals surface area contributed by atoms with Crippen molar-refractivity contribution < 1.29 is 31.8 Å². The molecular formula is C24H25F3N2O4S2. The molecule has 0 bridgehead atoms. The minimum atomic E-state index is -4.83. The zero-order valence-electron chi connectivity index (χ0n) is 18.8. The van der Waals surface area contributed by atoms with E-state index in [0.717, 1.165) is 16.9 Å². The number of thiophene rings is 1. The van der Waals surface area contributed by atoms with Gasteiger partial charge < -0.3 is 15.1 Å². The van der Waals surface area contributed by atoms with Gasteiger partial charge in [-0.15, -0.1) is 11.3 Å². The van der Waals surface area contributed by atoms with Gasteiger partial charge in [0.2, 0.25) is 0 Å². The maximum Gasteiger partial charge on any atom is 0.421 e. The summed E-state index contributed by atoms with van der Waals surface area (Å²) >= 11 is 1.14. The molecule has 188 valence electrons. The van der Waals surface area contributed by atoms with Crippen LogP contribution in [0.4, 0.5) is 18.9 Å². The van der Waals surface area contributed by atoms with E-state index in [1.165, 1.54) is 28.6 Å². The maximum absolute atomic E-state index is 13.2. The van der Waals surface area contributed by atoms with Crippen molar-refractivity contribution in [2.24, 2.45) is 0 Å². The van der Waals surface area contributed by atoms with Crippen molar-refractivity contribution in [3.63, 3.8) is 0 Å². The van der Waals surface area contributed by atoms with Crippen LogP contribution in [0.3, 0.4) is 0 Å². The van der Waals surface area contributed by atoms with Crippen molar-refractivity contribution in [3.8, 4) is 5.75 Å². The first kappa shape index (κ1) is 25.5. The average Bonchev–Trinajstić information content (AvgIpc) is 3.34. The van der Waals surface area contributed by atoms with E-state index in [2.05, 4.69) is 0 Å². The third-order valence-corrected chi connectivity index (χ3v) is 9.47. The van der Waals surface area contributed by atoms with Crippen molar-refractivity contribution in [2.75, 3.05) is 24.5 Å². The molecule has 2 heterocycles.